The number of rotatable bonds is 6. The van der Waals surface area contributed by atoms with Crippen LogP contribution in [0, 0.1) is 0 Å². The highest BCUT2D eigenvalue weighted by Gasteiger charge is 2.15. The Balaban J connectivity index is 1.91. The van der Waals surface area contributed by atoms with Crippen molar-refractivity contribution < 1.29 is 17.4 Å². The topological polar surface area (TPSA) is 97.4 Å². The Kier molecular flexibility index (Phi) is 3.80. The van der Waals surface area contributed by atoms with Crippen molar-refractivity contribution in [2.45, 2.75) is 18.2 Å². The van der Waals surface area contributed by atoms with Crippen molar-refractivity contribution in [2.24, 2.45) is 0 Å². The van der Waals surface area contributed by atoms with Gasteiger partial charge < -0.3 is 14.3 Å². The monoisotopic (exact) mass is 271 g/mol. The molecule has 18 heavy (non-hydrogen) atoms. The van der Waals surface area contributed by atoms with Gasteiger partial charge in [0, 0.05) is 12.6 Å². The second kappa shape index (κ2) is 5.34. The summed E-state index contributed by atoms with van der Waals surface area (Å²) < 4.78 is 34.9. The maximum atomic E-state index is 11.4. The van der Waals surface area contributed by atoms with Gasteiger partial charge in [0.05, 0.1) is 12.2 Å². The van der Waals surface area contributed by atoms with Crippen LogP contribution in [0.25, 0.3) is 0 Å². The number of nitrogens with one attached hydrogen (secondary N) is 2. The molecule has 0 fully saturated rings. The molecule has 7 nitrogen and oxygen atoms in total. The Bertz CT molecular complexity index is 588. The van der Waals surface area contributed by atoms with Gasteiger partial charge in [0.25, 0.3) is 10.0 Å². The van der Waals surface area contributed by atoms with E-state index >= 15 is 0 Å². The molecule has 2 aromatic rings. The van der Waals surface area contributed by atoms with Gasteiger partial charge >= 0.3 is 0 Å². The Morgan fingerprint density at radius 3 is 2.78 bits per heavy atom. The molecule has 0 aliphatic carbocycles. The van der Waals surface area contributed by atoms with Crippen molar-refractivity contribution in [2.75, 3.05) is 7.05 Å². The first-order valence-electron chi connectivity index (χ1n) is 5.24. The third-order valence-corrected chi connectivity index (χ3v) is 3.55. The second-order valence-corrected chi connectivity index (χ2v) is 5.34. The highest BCUT2D eigenvalue weighted by atomic mass is 32.2. The summed E-state index contributed by atoms with van der Waals surface area (Å²) >= 11 is 0. The van der Waals surface area contributed by atoms with Gasteiger partial charge in [0.2, 0.25) is 5.09 Å². The summed E-state index contributed by atoms with van der Waals surface area (Å²) in [6.45, 7) is 0.928. The predicted molar refractivity (Wildman–Crippen MR) is 62.0 cm³/mol. The molecule has 0 aliphatic heterocycles. The van der Waals surface area contributed by atoms with Gasteiger partial charge in [0.15, 0.2) is 0 Å². The largest absolute Gasteiger partial charge is 0.447 e. The van der Waals surface area contributed by atoms with E-state index in [0.29, 0.717) is 18.8 Å². The minimum absolute atomic E-state index is 0.0942. The Hall–Kier alpha value is -1.64. The molecular formula is C10H13N3O4S. The zero-order chi connectivity index (χ0) is 13.0. The number of hydrogen-bond acceptors (Lipinski definition) is 6. The molecule has 98 valence electrons. The van der Waals surface area contributed by atoms with Crippen LogP contribution >= 0.6 is 0 Å². The number of hydrogen-bond donors (Lipinski definition) is 2. The minimum Gasteiger partial charge on any atom is -0.447 e. The third-order valence-electron chi connectivity index (χ3n) is 2.27. The van der Waals surface area contributed by atoms with Crippen LogP contribution in [0.3, 0.4) is 0 Å². The molecule has 2 rings (SSSR count). The molecule has 0 radical (unpaired) electrons. The summed E-state index contributed by atoms with van der Waals surface area (Å²) in [5, 5.41) is 6.69. The molecule has 0 spiro atoms. The van der Waals surface area contributed by atoms with E-state index in [0.717, 1.165) is 5.69 Å². The highest BCUT2D eigenvalue weighted by Crippen LogP contribution is 2.13. The lowest BCUT2D eigenvalue weighted by molar-refractivity contribution is 0.392. The first kappa shape index (κ1) is 12.8. The summed E-state index contributed by atoms with van der Waals surface area (Å²) in [6.07, 6.45) is 1.49. The third kappa shape index (κ3) is 2.97. The molecule has 0 saturated carbocycles. The van der Waals surface area contributed by atoms with E-state index in [1.807, 2.05) is 0 Å². The van der Waals surface area contributed by atoms with E-state index in [1.165, 1.54) is 19.4 Å². The average Bonchev–Trinajstić information content (AvgIpc) is 3.00. The van der Waals surface area contributed by atoms with E-state index in [1.54, 1.807) is 12.1 Å². The summed E-state index contributed by atoms with van der Waals surface area (Å²) in [4.78, 5) is 0. The fourth-order valence-corrected chi connectivity index (χ4v) is 2.01. The highest BCUT2D eigenvalue weighted by molar-refractivity contribution is 7.89. The van der Waals surface area contributed by atoms with Gasteiger partial charge in [-0.25, -0.2) is 13.1 Å². The van der Waals surface area contributed by atoms with E-state index in [4.69, 9.17) is 4.42 Å². The van der Waals surface area contributed by atoms with E-state index in [2.05, 4.69) is 19.7 Å². The molecule has 0 atom stereocenters. The van der Waals surface area contributed by atoms with Gasteiger partial charge in [-0.2, -0.15) is 0 Å². The SMILES string of the molecule is CNS(=O)(=O)c1ccc(CNCc2ccon2)o1. The lowest BCUT2D eigenvalue weighted by Crippen LogP contribution is -2.17. The molecule has 0 unspecified atom stereocenters. The maximum absolute atomic E-state index is 11.4. The van der Waals surface area contributed by atoms with Crippen LogP contribution in [0.5, 0.6) is 0 Å². The smallest absolute Gasteiger partial charge is 0.273 e. The molecule has 2 aromatic heterocycles. The van der Waals surface area contributed by atoms with E-state index < -0.39 is 10.0 Å². The fourth-order valence-electron chi connectivity index (χ4n) is 1.34. The molecule has 0 aliphatic rings. The normalized spacial score (nSPS) is 11.8. The molecular weight excluding hydrogens is 258 g/mol. The van der Waals surface area contributed by atoms with Gasteiger partial charge in [0.1, 0.15) is 12.0 Å². The molecule has 8 heteroatoms. The molecule has 0 saturated heterocycles. The van der Waals surface area contributed by atoms with Crippen LogP contribution in [0.4, 0.5) is 0 Å². The van der Waals surface area contributed by atoms with Crippen LogP contribution < -0.4 is 10.0 Å². The number of furan rings is 1. The zero-order valence-electron chi connectivity index (χ0n) is 9.71. The minimum atomic E-state index is -3.52. The number of aromatic nitrogens is 1. The van der Waals surface area contributed by atoms with Gasteiger partial charge in [-0.15, -0.1) is 0 Å². The van der Waals surface area contributed by atoms with E-state index in [-0.39, 0.29) is 5.09 Å². The summed E-state index contributed by atoms with van der Waals surface area (Å²) in [5.41, 5.74) is 0.768. The Morgan fingerprint density at radius 1 is 1.28 bits per heavy atom. The van der Waals surface area contributed by atoms with Crippen molar-refractivity contribution in [3.8, 4) is 0 Å². The van der Waals surface area contributed by atoms with Gasteiger partial charge in [-0.3, -0.25) is 0 Å². The molecule has 0 bridgehead atoms. The van der Waals surface area contributed by atoms with E-state index in [9.17, 15) is 8.42 Å². The lowest BCUT2D eigenvalue weighted by Gasteiger charge is -1.99. The quantitative estimate of drug-likeness (QED) is 0.792. The number of nitrogens with zero attached hydrogens (tertiary/aromatic N) is 1. The Morgan fingerprint density at radius 2 is 2.11 bits per heavy atom. The number of sulfonamides is 1. The first-order chi connectivity index (χ1) is 8.62. The maximum Gasteiger partial charge on any atom is 0.273 e. The standard InChI is InChI=1S/C10H13N3O4S/c1-11-18(14,15)10-3-2-9(17-10)7-12-6-8-4-5-16-13-8/h2-5,11-12H,6-7H2,1H3. The molecule has 0 amide bonds. The predicted octanol–water partition coefficient (Wildman–Crippen LogP) is 0.465. The van der Waals surface area contributed by atoms with Crippen molar-refractivity contribution in [3.63, 3.8) is 0 Å². The van der Waals surface area contributed by atoms with Crippen molar-refractivity contribution in [3.05, 3.63) is 35.9 Å². The first-order valence-corrected chi connectivity index (χ1v) is 6.72. The molecule has 2 heterocycles. The van der Waals surface area contributed by atoms with Gasteiger partial charge in [-0.05, 0) is 19.2 Å². The average molecular weight is 271 g/mol. The molecule has 0 aromatic carbocycles. The summed E-state index contributed by atoms with van der Waals surface area (Å²) in [6, 6.07) is 4.77. The fraction of sp³-hybridized carbons (Fsp3) is 0.300. The lowest BCUT2D eigenvalue weighted by atomic mass is 10.4. The van der Waals surface area contributed by atoms with Crippen LogP contribution in [0.2, 0.25) is 0 Å². The second-order valence-electron chi connectivity index (χ2n) is 3.52. The van der Waals surface area contributed by atoms with Crippen LogP contribution in [-0.4, -0.2) is 20.6 Å². The van der Waals surface area contributed by atoms with Gasteiger partial charge in [-0.1, -0.05) is 5.16 Å². The van der Waals surface area contributed by atoms with Crippen LogP contribution in [0.1, 0.15) is 11.5 Å². The zero-order valence-corrected chi connectivity index (χ0v) is 10.5. The Labute approximate surface area is 104 Å². The van der Waals surface area contributed by atoms with Crippen molar-refractivity contribution in [1.29, 1.82) is 0 Å². The van der Waals surface area contributed by atoms with Crippen molar-refractivity contribution in [1.82, 2.24) is 15.2 Å². The van der Waals surface area contributed by atoms with Crippen LogP contribution in [0.15, 0.2) is 38.5 Å². The van der Waals surface area contributed by atoms with Crippen molar-refractivity contribution >= 4 is 10.0 Å². The summed E-state index contributed by atoms with van der Waals surface area (Å²) in [5.74, 6) is 0.535. The van der Waals surface area contributed by atoms with Crippen LogP contribution in [-0.2, 0) is 23.1 Å². The molecule has 2 N–H and O–H groups in total. The summed E-state index contributed by atoms with van der Waals surface area (Å²) in [7, 11) is -2.18.